The summed E-state index contributed by atoms with van der Waals surface area (Å²) < 4.78 is 1.81. The van der Waals surface area contributed by atoms with Crippen molar-refractivity contribution in [3.8, 4) is 0 Å². The molecule has 1 aromatic heterocycles. The third-order valence-electron chi connectivity index (χ3n) is 3.88. The summed E-state index contributed by atoms with van der Waals surface area (Å²) in [7, 11) is 1.93. The lowest BCUT2D eigenvalue weighted by Gasteiger charge is -2.28. The van der Waals surface area contributed by atoms with E-state index in [4.69, 9.17) is 0 Å². The van der Waals surface area contributed by atoms with Gasteiger partial charge in [0.1, 0.15) is 0 Å². The quantitative estimate of drug-likeness (QED) is 0.654. The van der Waals surface area contributed by atoms with Gasteiger partial charge in [0.25, 0.3) is 0 Å². The number of aromatic nitrogens is 2. The Kier molecular flexibility index (Phi) is 5.44. The molecule has 0 radical (unpaired) electrons. The SMILES string of the molecule is CCNC(=NCc1cnn(C)c1)NC1CCC(C)CC1. The highest BCUT2D eigenvalue weighted by molar-refractivity contribution is 5.80. The Morgan fingerprint density at radius 3 is 2.75 bits per heavy atom. The first-order chi connectivity index (χ1) is 9.67. The summed E-state index contributed by atoms with van der Waals surface area (Å²) >= 11 is 0. The molecule has 0 spiro atoms. The van der Waals surface area contributed by atoms with Crippen molar-refractivity contribution in [3.05, 3.63) is 18.0 Å². The fraction of sp³-hybridized carbons (Fsp3) is 0.733. The molecule has 0 bridgehead atoms. The number of nitrogens with zero attached hydrogens (tertiary/aromatic N) is 3. The minimum absolute atomic E-state index is 0.567. The summed E-state index contributed by atoms with van der Waals surface area (Å²) in [4.78, 5) is 4.65. The van der Waals surface area contributed by atoms with Crippen LogP contribution in [0.1, 0.15) is 45.1 Å². The zero-order chi connectivity index (χ0) is 14.4. The highest BCUT2D eigenvalue weighted by atomic mass is 15.2. The van der Waals surface area contributed by atoms with Gasteiger partial charge >= 0.3 is 0 Å². The number of rotatable bonds is 4. The number of aliphatic imine (C=N–C) groups is 1. The van der Waals surface area contributed by atoms with Gasteiger partial charge < -0.3 is 10.6 Å². The predicted molar refractivity (Wildman–Crippen MR) is 82.6 cm³/mol. The summed E-state index contributed by atoms with van der Waals surface area (Å²) in [5, 5.41) is 11.1. The maximum Gasteiger partial charge on any atom is 0.191 e. The van der Waals surface area contributed by atoms with Crippen LogP contribution in [-0.2, 0) is 13.6 Å². The molecule has 1 aromatic rings. The zero-order valence-electron chi connectivity index (χ0n) is 12.9. The van der Waals surface area contributed by atoms with Crippen LogP contribution in [0.5, 0.6) is 0 Å². The van der Waals surface area contributed by atoms with E-state index in [1.54, 1.807) is 0 Å². The molecule has 1 aliphatic carbocycles. The van der Waals surface area contributed by atoms with Crippen LogP contribution in [0.2, 0.25) is 0 Å². The fourth-order valence-electron chi connectivity index (χ4n) is 2.64. The molecule has 20 heavy (non-hydrogen) atoms. The summed E-state index contributed by atoms with van der Waals surface area (Å²) in [6.07, 6.45) is 9.01. The first-order valence-electron chi connectivity index (χ1n) is 7.69. The van der Waals surface area contributed by atoms with Gasteiger partial charge in [-0.05, 0) is 38.5 Å². The minimum atomic E-state index is 0.567. The number of hydrogen-bond acceptors (Lipinski definition) is 2. The van der Waals surface area contributed by atoms with Crippen LogP contribution in [0.4, 0.5) is 0 Å². The lowest BCUT2D eigenvalue weighted by atomic mass is 9.87. The molecule has 112 valence electrons. The molecule has 5 nitrogen and oxygen atoms in total. The van der Waals surface area contributed by atoms with Gasteiger partial charge in [-0.2, -0.15) is 5.10 Å². The van der Waals surface area contributed by atoms with Gasteiger partial charge in [0, 0.05) is 31.4 Å². The Morgan fingerprint density at radius 2 is 2.15 bits per heavy atom. The third-order valence-corrected chi connectivity index (χ3v) is 3.88. The Morgan fingerprint density at radius 1 is 1.40 bits per heavy atom. The summed E-state index contributed by atoms with van der Waals surface area (Å²) in [6.45, 7) is 6.01. The fourth-order valence-corrected chi connectivity index (χ4v) is 2.64. The average Bonchev–Trinajstić information content (AvgIpc) is 2.85. The highest BCUT2D eigenvalue weighted by Gasteiger charge is 2.18. The minimum Gasteiger partial charge on any atom is -0.357 e. The van der Waals surface area contributed by atoms with Crippen molar-refractivity contribution in [1.82, 2.24) is 20.4 Å². The smallest absolute Gasteiger partial charge is 0.191 e. The van der Waals surface area contributed by atoms with Crippen LogP contribution < -0.4 is 10.6 Å². The lowest BCUT2D eigenvalue weighted by molar-refractivity contribution is 0.329. The standard InChI is InChI=1S/C15H27N5/c1-4-16-15(17-9-13-10-18-20(3)11-13)19-14-7-5-12(2)6-8-14/h10-12,14H,4-9H2,1-3H3,(H2,16,17,19). The number of guanidine groups is 1. The molecule has 0 amide bonds. The van der Waals surface area contributed by atoms with Crippen molar-refractivity contribution in [3.63, 3.8) is 0 Å². The maximum absolute atomic E-state index is 4.65. The van der Waals surface area contributed by atoms with Crippen LogP contribution in [0.25, 0.3) is 0 Å². The second-order valence-corrected chi connectivity index (χ2v) is 5.82. The molecule has 5 heteroatoms. The number of nitrogens with one attached hydrogen (secondary N) is 2. The van der Waals surface area contributed by atoms with Gasteiger partial charge in [-0.3, -0.25) is 4.68 Å². The molecule has 1 fully saturated rings. The first kappa shape index (κ1) is 14.9. The molecule has 2 N–H and O–H groups in total. The molecule has 0 aromatic carbocycles. The van der Waals surface area contributed by atoms with Crippen molar-refractivity contribution in [2.45, 2.75) is 52.1 Å². The van der Waals surface area contributed by atoms with Crippen molar-refractivity contribution < 1.29 is 0 Å². The van der Waals surface area contributed by atoms with Crippen LogP contribution in [0.3, 0.4) is 0 Å². The Bertz CT molecular complexity index is 429. The third kappa shape index (κ3) is 4.54. The van der Waals surface area contributed by atoms with E-state index >= 15 is 0 Å². The van der Waals surface area contributed by atoms with Crippen molar-refractivity contribution in [2.75, 3.05) is 6.54 Å². The zero-order valence-corrected chi connectivity index (χ0v) is 12.9. The molecule has 1 saturated carbocycles. The largest absolute Gasteiger partial charge is 0.357 e. The van der Waals surface area contributed by atoms with Crippen molar-refractivity contribution in [1.29, 1.82) is 0 Å². The summed E-state index contributed by atoms with van der Waals surface area (Å²) in [5.74, 6) is 1.80. The van der Waals surface area contributed by atoms with Crippen LogP contribution >= 0.6 is 0 Å². The van der Waals surface area contributed by atoms with E-state index in [0.717, 1.165) is 24.0 Å². The Balaban J connectivity index is 1.88. The molecule has 0 unspecified atom stereocenters. The number of hydrogen-bond donors (Lipinski definition) is 2. The van der Waals surface area contributed by atoms with Gasteiger partial charge in [-0.25, -0.2) is 4.99 Å². The monoisotopic (exact) mass is 277 g/mol. The molecule has 1 aliphatic rings. The number of aryl methyl sites for hydroxylation is 1. The van der Waals surface area contributed by atoms with E-state index in [-0.39, 0.29) is 0 Å². The van der Waals surface area contributed by atoms with E-state index in [1.807, 2.05) is 24.1 Å². The second-order valence-electron chi connectivity index (χ2n) is 5.82. The van der Waals surface area contributed by atoms with E-state index in [1.165, 1.54) is 25.7 Å². The molecular weight excluding hydrogens is 250 g/mol. The molecular formula is C15H27N5. The highest BCUT2D eigenvalue weighted by Crippen LogP contribution is 2.23. The van der Waals surface area contributed by atoms with Gasteiger partial charge in [-0.15, -0.1) is 0 Å². The van der Waals surface area contributed by atoms with Crippen LogP contribution in [-0.4, -0.2) is 28.3 Å². The topological polar surface area (TPSA) is 54.2 Å². The first-order valence-corrected chi connectivity index (χ1v) is 7.69. The second kappa shape index (κ2) is 7.31. The predicted octanol–water partition coefficient (Wildman–Crippen LogP) is 2.05. The molecule has 0 aliphatic heterocycles. The lowest BCUT2D eigenvalue weighted by Crippen LogP contribution is -2.44. The average molecular weight is 277 g/mol. The Labute approximate surface area is 121 Å². The van der Waals surface area contributed by atoms with Crippen molar-refractivity contribution >= 4 is 5.96 Å². The molecule has 0 atom stereocenters. The molecule has 1 heterocycles. The van der Waals surface area contributed by atoms with E-state index < -0.39 is 0 Å². The summed E-state index contributed by atoms with van der Waals surface area (Å²) in [6, 6.07) is 0.567. The van der Waals surface area contributed by atoms with E-state index in [9.17, 15) is 0 Å². The van der Waals surface area contributed by atoms with Crippen LogP contribution in [0.15, 0.2) is 17.4 Å². The van der Waals surface area contributed by atoms with Crippen molar-refractivity contribution in [2.24, 2.45) is 18.0 Å². The van der Waals surface area contributed by atoms with Gasteiger partial charge in [0.05, 0.1) is 12.7 Å². The maximum atomic E-state index is 4.65. The van der Waals surface area contributed by atoms with Gasteiger partial charge in [0.15, 0.2) is 5.96 Å². The van der Waals surface area contributed by atoms with E-state index in [0.29, 0.717) is 12.6 Å². The normalized spacial score (nSPS) is 23.6. The van der Waals surface area contributed by atoms with E-state index in [2.05, 4.69) is 34.6 Å². The van der Waals surface area contributed by atoms with Gasteiger partial charge in [0.2, 0.25) is 0 Å². The molecule has 2 rings (SSSR count). The molecule has 0 saturated heterocycles. The van der Waals surface area contributed by atoms with Gasteiger partial charge in [-0.1, -0.05) is 6.92 Å². The van der Waals surface area contributed by atoms with Crippen LogP contribution in [0, 0.1) is 5.92 Å². The summed E-state index contributed by atoms with van der Waals surface area (Å²) in [5.41, 5.74) is 1.14. The Hall–Kier alpha value is -1.52.